The van der Waals surface area contributed by atoms with Gasteiger partial charge in [-0.25, -0.2) is 4.68 Å². The molecule has 2 aromatic rings. The van der Waals surface area contributed by atoms with Crippen LogP contribution in [0.5, 0.6) is 0 Å². The lowest BCUT2D eigenvalue weighted by Crippen LogP contribution is -2.39. The Balaban J connectivity index is 1.99. The summed E-state index contributed by atoms with van der Waals surface area (Å²) >= 11 is 0. The maximum absolute atomic E-state index is 12.6. The van der Waals surface area contributed by atoms with Crippen LogP contribution in [0.4, 0.5) is 0 Å². The van der Waals surface area contributed by atoms with Crippen LogP contribution >= 0.6 is 0 Å². The third-order valence-corrected chi connectivity index (χ3v) is 4.15. The average Bonchev–Trinajstić information content (AvgIpc) is 2.78. The summed E-state index contributed by atoms with van der Waals surface area (Å²) in [5.74, 6) is 0.779. The van der Waals surface area contributed by atoms with Gasteiger partial charge in [0.25, 0.3) is 5.56 Å². The van der Waals surface area contributed by atoms with Crippen LogP contribution in [-0.4, -0.2) is 27.8 Å². The topological polar surface area (TPSA) is 41.0 Å². The summed E-state index contributed by atoms with van der Waals surface area (Å²) in [6, 6.07) is 9.58. The first-order valence-electron chi connectivity index (χ1n) is 7.46. The minimum atomic E-state index is -0.0372. The van der Waals surface area contributed by atoms with Gasteiger partial charge in [-0.1, -0.05) is 31.7 Å². The zero-order valence-electron chi connectivity index (χ0n) is 12.4. The minimum Gasteiger partial charge on any atom is -0.377 e. The molecule has 0 atom stereocenters. The third-order valence-electron chi connectivity index (χ3n) is 4.15. The highest BCUT2D eigenvalue weighted by Crippen LogP contribution is 2.15. The summed E-state index contributed by atoms with van der Waals surface area (Å²) in [4.78, 5) is 14.8. The Morgan fingerprint density at radius 3 is 2.57 bits per heavy atom. The molecule has 0 amide bonds. The molecule has 110 valence electrons. The van der Waals surface area contributed by atoms with Crippen molar-refractivity contribution in [2.75, 3.05) is 13.1 Å². The number of likely N-dealkylation sites (tertiary alicyclic amines) is 1. The lowest BCUT2D eigenvalue weighted by atomic mass is 10.00. The number of aromatic amines is 1. The Morgan fingerprint density at radius 2 is 1.90 bits per heavy atom. The van der Waals surface area contributed by atoms with E-state index in [0.717, 1.165) is 24.7 Å². The fourth-order valence-electron chi connectivity index (χ4n) is 2.73. The Kier molecular flexibility index (Phi) is 3.69. The molecule has 1 aromatic carbocycles. The number of piperidine rings is 1. The number of rotatable bonds is 2. The molecule has 0 bridgehead atoms. The molecule has 2 heterocycles. The molecule has 0 unspecified atom stereocenters. The normalized spacial score (nSPS) is 17.4. The predicted octanol–water partition coefficient (Wildman–Crippen LogP) is 1.05. The first kappa shape index (κ1) is 13.7. The molecule has 0 saturated carbocycles. The SMILES string of the molecule is C=c1[nH]n(-c2ccccc2)c(=O)c1=CN1CCC(C)CC1. The third kappa shape index (κ3) is 2.79. The number of hydrogen-bond donors (Lipinski definition) is 1. The molecule has 1 fully saturated rings. The molecule has 1 aromatic heterocycles. The van der Waals surface area contributed by atoms with E-state index in [4.69, 9.17) is 0 Å². The second-order valence-corrected chi connectivity index (χ2v) is 5.83. The average molecular weight is 283 g/mol. The highest BCUT2D eigenvalue weighted by atomic mass is 16.1. The Bertz CT molecular complexity index is 765. The molecule has 1 saturated heterocycles. The lowest BCUT2D eigenvalue weighted by Gasteiger charge is -2.28. The first-order chi connectivity index (χ1) is 10.1. The van der Waals surface area contributed by atoms with Crippen molar-refractivity contribution in [2.24, 2.45) is 5.92 Å². The van der Waals surface area contributed by atoms with Crippen LogP contribution in [0, 0.1) is 5.92 Å². The van der Waals surface area contributed by atoms with Gasteiger partial charge in [0, 0.05) is 19.3 Å². The van der Waals surface area contributed by atoms with Gasteiger partial charge in [0.05, 0.1) is 16.3 Å². The van der Waals surface area contributed by atoms with E-state index in [1.807, 2.05) is 36.5 Å². The van der Waals surface area contributed by atoms with E-state index in [-0.39, 0.29) is 5.56 Å². The summed E-state index contributed by atoms with van der Waals surface area (Å²) in [5.41, 5.74) is 0.795. The van der Waals surface area contributed by atoms with Gasteiger partial charge in [-0.15, -0.1) is 0 Å². The number of H-pyrrole nitrogens is 1. The standard InChI is InChI=1S/C17H21N3O/c1-13-8-10-19(11-9-13)12-16-14(2)18-20(17(16)21)15-6-4-3-5-7-15/h3-7,12-13,18H,2,8-11H2,1H3. The van der Waals surface area contributed by atoms with Crippen LogP contribution < -0.4 is 16.1 Å². The summed E-state index contributed by atoms with van der Waals surface area (Å²) in [6.07, 6.45) is 4.33. The van der Waals surface area contributed by atoms with E-state index >= 15 is 0 Å². The zero-order valence-corrected chi connectivity index (χ0v) is 12.4. The van der Waals surface area contributed by atoms with Crippen LogP contribution in [0.25, 0.3) is 18.5 Å². The number of para-hydroxylation sites is 1. The fourth-order valence-corrected chi connectivity index (χ4v) is 2.73. The molecule has 4 heteroatoms. The van der Waals surface area contributed by atoms with Crippen LogP contribution in [0.3, 0.4) is 0 Å². The smallest absolute Gasteiger partial charge is 0.280 e. The van der Waals surface area contributed by atoms with Crippen LogP contribution in [0.2, 0.25) is 0 Å². The number of aromatic nitrogens is 2. The van der Waals surface area contributed by atoms with Crippen LogP contribution in [0.1, 0.15) is 19.8 Å². The Labute approximate surface area is 124 Å². The van der Waals surface area contributed by atoms with Crippen molar-refractivity contribution in [3.8, 4) is 5.69 Å². The first-order valence-corrected chi connectivity index (χ1v) is 7.46. The number of benzene rings is 1. The molecule has 0 radical (unpaired) electrons. The van der Waals surface area contributed by atoms with Crippen molar-refractivity contribution < 1.29 is 0 Å². The van der Waals surface area contributed by atoms with E-state index in [1.165, 1.54) is 12.8 Å². The maximum atomic E-state index is 12.6. The van der Waals surface area contributed by atoms with Gasteiger partial charge in [-0.05, 0) is 30.9 Å². The Morgan fingerprint density at radius 1 is 1.24 bits per heavy atom. The summed E-state index contributed by atoms with van der Waals surface area (Å²) < 4.78 is 1.56. The van der Waals surface area contributed by atoms with Crippen molar-refractivity contribution >= 4 is 12.8 Å². The second-order valence-electron chi connectivity index (χ2n) is 5.83. The predicted molar refractivity (Wildman–Crippen MR) is 85.6 cm³/mol. The van der Waals surface area contributed by atoms with Crippen LogP contribution in [-0.2, 0) is 0 Å². The molecule has 4 nitrogen and oxygen atoms in total. The summed E-state index contributed by atoms with van der Waals surface area (Å²) in [6.45, 7) is 8.28. The van der Waals surface area contributed by atoms with Crippen LogP contribution in [0.15, 0.2) is 35.1 Å². The molecule has 0 spiro atoms. The fraction of sp³-hybridized carbons (Fsp3) is 0.353. The largest absolute Gasteiger partial charge is 0.377 e. The highest BCUT2D eigenvalue weighted by Gasteiger charge is 2.13. The van der Waals surface area contributed by atoms with Crippen molar-refractivity contribution in [3.63, 3.8) is 0 Å². The molecular formula is C17H21N3O. The van der Waals surface area contributed by atoms with E-state index < -0.39 is 0 Å². The van der Waals surface area contributed by atoms with Crippen molar-refractivity contribution in [2.45, 2.75) is 19.8 Å². The quantitative estimate of drug-likeness (QED) is 0.895. The number of hydrogen-bond acceptors (Lipinski definition) is 2. The van der Waals surface area contributed by atoms with E-state index in [9.17, 15) is 4.79 Å². The maximum Gasteiger partial charge on any atom is 0.280 e. The minimum absolute atomic E-state index is 0.0372. The molecule has 21 heavy (non-hydrogen) atoms. The van der Waals surface area contributed by atoms with Crippen molar-refractivity contribution in [3.05, 3.63) is 51.3 Å². The molecule has 0 aliphatic carbocycles. The molecule has 1 aliphatic heterocycles. The monoisotopic (exact) mass is 283 g/mol. The summed E-state index contributed by atoms with van der Waals surface area (Å²) in [5, 5.41) is 4.39. The highest BCUT2D eigenvalue weighted by molar-refractivity contribution is 5.32. The second kappa shape index (κ2) is 5.64. The molecule has 1 aliphatic rings. The molecule has 1 N–H and O–H groups in total. The summed E-state index contributed by atoms with van der Waals surface area (Å²) in [7, 11) is 0. The van der Waals surface area contributed by atoms with Crippen molar-refractivity contribution in [1.29, 1.82) is 0 Å². The van der Waals surface area contributed by atoms with Crippen molar-refractivity contribution in [1.82, 2.24) is 14.7 Å². The zero-order chi connectivity index (χ0) is 14.8. The molecule has 3 rings (SSSR count). The van der Waals surface area contributed by atoms with E-state index in [1.54, 1.807) is 4.68 Å². The van der Waals surface area contributed by atoms with Gasteiger partial charge in [0.15, 0.2) is 0 Å². The van der Waals surface area contributed by atoms with Gasteiger partial charge in [0.2, 0.25) is 0 Å². The number of nitrogens with zero attached hydrogens (tertiary/aromatic N) is 2. The van der Waals surface area contributed by atoms with E-state index in [2.05, 4.69) is 23.5 Å². The molecular weight excluding hydrogens is 262 g/mol. The van der Waals surface area contributed by atoms with E-state index in [0.29, 0.717) is 10.6 Å². The van der Waals surface area contributed by atoms with Gasteiger partial charge < -0.3 is 4.90 Å². The lowest BCUT2D eigenvalue weighted by molar-refractivity contribution is 0.275. The number of nitrogens with one attached hydrogen (secondary N) is 1. The van der Waals surface area contributed by atoms with Gasteiger partial charge in [-0.2, -0.15) is 0 Å². The van der Waals surface area contributed by atoms with Gasteiger partial charge >= 0.3 is 0 Å². The van der Waals surface area contributed by atoms with Gasteiger partial charge in [0.1, 0.15) is 0 Å². The Hall–Kier alpha value is -2.23. The van der Waals surface area contributed by atoms with Gasteiger partial charge in [-0.3, -0.25) is 9.89 Å².